The standard InChI is InChI=1S/C20H14F3N3OS/c1-12-24-17-18(28-12)16(14-7-3-2-4-8-14)25-26(19(17)27)11-13-6-5-9-15(10-13)20(21,22)23/h2-10H,11H2,1H3. The molecule has 0 amide bonds. The van der Waals surface area contributed by atoms with Gasteiger partial charge in [0.05, 0.1) is 21.8 Å². The smallest absolute Gasteiger partial charge is 0.265 e. The number of alkyl halides is 3. The molecular weight excluding hydrogens is 387 g/mol. The second-order valence-corrected chi connectivity index (χ2v) is 7.49. The predicted molar refractivity (Wildman–Crippen MR) is 102 cm³/mol. The highest BCUT2D eigenvalue weighted by atomic mass is 32.1. The number of benzene rings is 2. The molecule has 0 saturated carbocycles. The lowest BCUT2D eigenvalue weighted by atomic mass is 10.1. The Kier molecular flexibility index (Phi) is 4.50. The van der Waals surface area contributed by atoms with Gasteiger partial charge in [0.1, 0.15) is 5.69 Å². The van der Waals surface area contributed by atoms with Crippen LogP contribution in [0.1, 0.15) is 16.1 Å². The maximum atomic E-state index is 13.0. The monoisotopic (exact) mass is 401 g/mol. The molecule has 0 spiro atoms. The van der Waals surface area contributed by atoms with Crippen LogP contribution in [0, 0.1) is 6.92 Å². The Morgan fingerprint density at radius 1 is 1.07 bits per heavy atom. The van der Waals surface area contributed by atoms with E-state index in [1.165, 1.54) is 22.1 Å². The molecule has 142 valence electrons. The molecule has 0 N–H and O–H groups in total. The summed E-state index contributed by atoms with van der Waals surface area (Å²) in [4.78, 5) is 17.2. The van der Waals surface area contributed by atoms with Crippen LogP contribution in [0.3, 0.4) is 0 Å². The molecule has 4 nitrogen and oxygen atoms in total. The number of thiazole rings is 1. The Hall–Kier alpha value is -3.00. The van der Waals surface area contributed by atoms with Crippen LogP contribution < -0.4 is 5.56 Å². The van der Waals surface area contributed by atoms with Gasteiger partial charge in [0.25, 0.3) is 5.56 Å². The minimum Gasteiger partial charge on any atom is -0.265 e. The minimum atomic E-state index is -4.44. The Morgan fingerprint density at radius 2 is 1.82 bits per heavy atom. The van der Waals surface area contributed by atoms with Crippen molar-refractivity contribution in [1.82, 2.24) is 14.8 Å². The molecular formula is C20H14F3N3OS. The number of hydrogen-bond donors (Lipinski definition) is 0. The Bertz CT molecular complexity index is 1210. The van der Waals surface area contributed by atoms with Crippen molar-refractivity contribution in [2.45, 2.75) is 19.6 Å². The summed E-state index contributed by atoms with van der Waals surface area (Å²) >= 11 is 1.37. The lowest BCUT2D eigenvalue weighted by Gasteiger charge is -2.11. The van der Waals surface area contributed by atoms with Crippen molar-refractivity contribution in [1.29, 1.82) is 0 Å². The number of rotatable bonds is 3. The predicted octanol–water partition coefficient (Wildman–Crippen LogP) is 4.90. The molecule has 0 aliphatic heterocycles. The molecule has 2 aromatic heterocycles. The molecule has 0 aliphatic rings. The quantitative estimate of drug-likeness (QED) is 0.491. The first-order valence-corrected chi connectivity index (χ1v) is 9.24. The lowest BCUT2D eigenvalue weighted by Crippen LogP contribution is -2.24. The summed E-state index contributed by atoms with van der Waals surface area (Å²) < 4.78 is 40.8. The van der Waals surface area contributed by atoms with Gasteiger partial charge in [-0.2, -0.15) is 18.3 Å². The van der Waals surface area contributed by atoms with E-state index >= 15 is 0 Å². The first-order valence-electron chi connectivity index (χ1n) is 8.43. The minimum absolute atomic E-state index is 0.0743. The summed E-state index contributed by atoms with van der Waals surface area (Å²) in [7, 11) is 0. The number of aryl methyl sites for hydroxylation is 1. The molecule has 2 aromatic carbocycles. The van der Waals surface area contributed by atoms with Crippen LogP contribution in [0.15, 0.2) is 59.4 Å². The number of aromatic nitrogens is 3. The maximum Gasteiger partial charge on any atom is 0.416 e. The Morgan fingerprint density at radius 3 is 2.54 bits per heavy atom. The van der Waals surface area contributed by atoms with E-state index in [2.05, 4.69) is 10.1 Å². The SMILES string of the molecule is Cc1nc2c(=O)n(Cc3cccc(C(F)(F)F)c3)nc(-c3ccccc3)c2s1. The van der Waals surface area contributed by atoms with Gasteiger partial charge >= 0.3 is 6.18 Å². The van der Waals surface area contributed by atoms with Gasteiger partial charge in [-0.3, -0.25) is 4.79 Å². The average molecular weight is 401 g/mol. The second-order valence-electron chi connectivity index (χ2n) is 6.29. The van der Waals surface area contributed by atoms with Gasteiger partial charge in [-0.1, -0.05) is 42.5 Å². The van der Waals surface area contributed by atoms with Crippen molar-refractivity contribution in [3.05, 3.63) is 81.1 Å². The van der Waals surface area contributed by atoms with Crippen LogP contribution in [0.25, 0.3) is 21.5 Å². The van der Waals surface area contributed by atoms with E-state index in [9.17, 15) is 18.0 Å². The van der Waals surface area contributed by atoms with Gasteiger partial charge in [-0.05, 0) is 24.6 Å². The largest absolute Gasteiger partial charge is 0.416 e. The fourth-order valence-electron chi connectivity index (χ4n) is 2.98. The van der Waals surface area contributed by atoms with Crippen LogP contribution in [0.5, 0.6) is 0 Å². The topological polar surface area (TPSA) is 47.8 Å². The summed E-state index contributed by atoms with van der Waals surface area (Å²) in [5.41, 5.74) is 0.850. The van der Waals surface area contributed by atoms with Crippen molar-refractivity contribution >= 4 is 21.6 Å². The van der Waals surface area contributed by atoms with Gasteiger partial charge in [0, 0.05) is 5.56 Å². The van der Waals surface area contributed by atoms with Gasteiger partial charge in [-0.25, -0.2) is 9.67 Å². The van der Waals surface area contributed by atoms with Crippen molar-refractivity contribution < 1.29 is 13.2 Å². The van der Waals surface area contributed by atoms with Crippen molar-refractivity contribution in [2.75, 3.05) is 0 Å². The summed E-state index contributed by atoms with van der Waals surface area (Å²) in [5, 5.41) is 5.19. The molecule has 4 aromatic rings. The van der Waals surface area contributed by atoms with E-state index in [-0.39, 0.29) is 12.1 Å². The molecule has 2 heterocycles. The van der Waals surface area contributed by atoms with E-state index in [4.69, 9.17) is 0 Å². The molecule has 0 unspecified atom stereocenters. The zero-order valence-corrected chi connectivity index (χ0v) is 15.5. The van der Waals surface area contributed by atoms with Gasteiger partial charge in [-0.15, -0.1) is 11.3 Å². The molecule has 0 atom stereocenters. The first kappa shape index (κ1) is 18.4. The fourth-order valence-corrected chi connectivity index (χ4v) is 3.89. The van der Waals surface area contributed by atoms with Gasteiger partial charge in [0.2, 0.25) is 0 Å². The van der Waals surface area contributed by atoms with E-state index in [1.54, 1.807) is 13.0 Å². The lowest BCUT2D eigenvalue weighted by molar-refractivity contribution is -0.137. The van der Waals surface area contributed by atoms with Crippen LogP contribution in [-0.2, 0) is 12.7 Å². The number of nitrogens with zero attached hydrogens (tertiary/aromatic N) is 3. The summed E-state index contributed by atoms with van der Waals surface area (Å²) in [6, 6.07) is 14.2. The van der Waals surface area contributed by atoms with Crippen LogP contribution in [0.4, 0.5) is 13.2 Å². The van der Waals surface area contributed by atoms with Crippen molar-refractivity contribution in [2.24, 2.45) is 0 Å². The molecule has 0 radical (unpaired) electrons. The van der Waals surface area contributed by atoms with Crippen LogP contribution in [0.2, 0.25) is 0 Å². The highest BCUT2D eigenvalue weighted by Crippen LogP contribution is 2.31. The van der Waals surface area contributed by atoms with E-state index in [1.807, 2.05) is 30.3 Å². The average Bonchev–Trinajstić information content (AvgIpc) is 3.06. The Labute approximate surface area is 161 Å². The van der Waals surface area contributed by atoms with Crippen LogP contribution in [-0.4, -0.2) is 14.8 Å². The molecule has 0 aliphatic carbocycles. The third-order valence-electron chi connectivity index (χ3n) is 4.24. The third-order valence-corrected chi connectivity index (χ3v) is 5.22. The maximum absolute atomic E-state index is 13.0. The highest BCUT2D eigenvalue weighted by molar-refractivity contribution is 7.19. The van der Waals surface area contributed by atoms with E-state index < -0.39 is 17.3 Å². The van der Waals surface area contributed by atoms with Crippen molar-refractivity contribution in [3.63, 3.8) is 0 Å². The second kappa shape index (κ2) is 6.87. The highest BCUT2D eigenvalue weighted by Gasteiger charge is 2.30. The normalized spacial score (nSPS) is 11.9. The van der Waals surface area contributed by atoms with E-state index in [0.717, 1.165) is 22.7 Å². The molecule has 0 bridgehead atoms. The van der Waals surface area contributed by atoms with Gasteiger partial charge < -0.3 is 0 Å². The molecule has 8 heteroatoms. The molecule has 28 heavy (non-hydrogen) atoms. The summed E-state index contributed by atoms with van der Waals surface area (Å²) in [6.07, 6.45) is -4.44. The summed E-state index contributed by atoms with van der Waals surface area (Å²) in [5.74, 6) is 0. The fraction of sp³-hybridized carbons (Fsp3) is 0.150. The van der Waals surface area contributed by atoms with Crippen LogP contribution >= 0.6 is 11.3 Å². The zero-order chi connectivity index (χ0) is 19.9. The molecule has 0 saturated heterocycles. The van der Waals surface area contributed by atoms with Crippen molar-refractivity contribution in [3.8, 4) is 11.3 Å². The molecule has 4 rings (SSSR count). The zero-order valence-electron chi connectivity index (χ0n) is 14.7. The third kappa shape index (κ3) is 3.43. The molecule has 0 fully saturated rings. The number of fused-ring (bicyclic) bond motifs is 1. The van der Waals surface area contributed by atoms with E-state index in [0.29, 0.717) is 16.0 Å². The first-order chi connectivity index (χ1) is 13.3. The summed E-state index contributed by atoms with van der Waals surface area (Å²) in [6.45, 7) is 1.73. The number of hydrogen-bond acceptors (Lipinski definition) is 4. The van der Waals surface area contributed by atoms with Gasteiger partial charge in [0.15, 0.2) is 5.52 Å². The number of halogens is 3. The Balaban J connectivity index is 1.87.